The average molecular weight is 326 g/mol. The van der Waals surface area contributed by atoms with Crippen LogP contribution in [-0.2, 0) is 0 Å². The second-order valence-electron chi connectivity index (χ2n) is 4.18. The summed E-state index contributed by atoms with van der Waals surface area (Å²) in [5, 5.41) is 3.55. The van der Waals surface area contributed by atoms with Gasteiger partial charge in [0.25, 0.3) is 5.91 Å². The highest BCUT2D eigenvalue weighted by Gasteiger charge is 2.10. The number of carbonyl (C=O) groups is 1. The Morgan fingerprint density at radius 3 is 2.14 bits per heavy atom. The molecule has 2 aromatic rings. The maximum absolute atomic E-state index is 12.2. The van der Waals surface area contributed by atoms with E-state index in [0.29, 0.717) is 32.8 Å². The summed E-state index contributed by atoms with van der Waals surface area (Å²) in [5.41, 5.74) is 0.955. The van der Waals surface area contributed by atoms with Gasteiger partial charge in [-0.15, -0.1) is 0 Å². The Labute approximate surface area is 132 Å². The smallest absolute Gasteiger partial charge is 0.255 e. The SMILES string of the molecule is COc1ccc(NC(=O)c2cc(Cl)cc(Cl)c2)cc1OC. The zero-order valence-corrected chi connectivity index (χ0v) is 13.0. The second kappa shape index (κ2) is 6.70. The number of hydrogen-bond acceptors (Lipinski definition) is 3. The van der Waals surface area contributed by atoms with Gasteiger partial charge in [0.2, 0.25) is 0 Å². The van der Waals surface area contributed by atoms with Crippen molar-refractivity contribution >= 4 is 34.8 Å². The molecule has 21 heavy (non-hydrogen) atoms. The molecule has 0 saturated heterocycles. The number of amides is 1. The molecule has 2 aromatic carbocycles. The van der Waals surface area contributed by atoms with Gasteiger partial charge in [-0.1, -0.05) is 23.2 Å². The van der Waals surface area contributed by atoms with E-state index in [1.807, 2.05) is 0 Å². The van der Waals surface area contributed by atoms with Gasteiger partial charge in [0, 0.05) is 27.4 Å². The van der Waals surface area contributed by atoms with Gasteiger partial charge in [0.1, 0.15) is 0 Å². The number of anilines is 1. The lowest BCUT2D eigenvalue weighted by Gasteiger charge is -2.11. The van der Waals surface area contributed by atoms with Crippen molar-refractivity contribution in [2.24, 2.45) is 0 Å². The summed E-state index contributed by atoms with van der Waals surface area (Å²) in [5.74, 6) is 0.798. The summed E-state index contributed by atoms with van der Waals surface area (Å²) in [7, 11) is 3.07. The van der Waals surface area contributed by atoms with Gasteiger partial charge in [-0.2, -0.15) is 0 Å². The van der Waals surface area contributed by atoms with Crippen LogP contribution in [0.3, 0.4) is 0 Å². The highest BCUT2D eigenvalue weighted by Crippen LogP contribution is 2.30. The van der Waals surface area contributed by atoms with Gasteiger partial charge in [-0.05, 0) is 30.3 Å². The first-order valence-electron chi connectivity index (χ1n) is 6.03. The number of carbonyl (C=O) groups excluding carboxylic acids is 1. The number of methoxy groups -OCH3 is 2. The van der Waals surface area contributed by atoms with Crippen LogP contribution in [0.15, 0.2) is 36.4 Å². The maximum atomic E-state index is 12.2. The minimum atomic E-state index is -0.313. The molecule has 0 heterocycles. The topological polar surface area (TPSA) is 47.6 Å². The zero-order chi connectivity index (χ0) is 15.4. The van der Waals surface area contributed by atoms with Crippen molar-refractivity contribution in [1.29, 1.82) is 0 Å². The van der Waals surface area contributed by atoms with E-state index in [4.69, 9.17) is 32.7 Å². The first-order chi connectivity index (χ1) is 10.0. The Kier molecular flexibility index (Phi) is 4.94. The van der Waals surface area contributed by atoms with Crippen molar-refractivity contribution in [3.05, 3.63) is 52.0 Å². The lowest BCUT2D eigenvalue weighted by molar-refractivity contribution is 0.102. The second-order valence-corrected chi connectivity index (χ2v) is 5.05. The van der Waals surface area contributed by atoms with Crippen LogP contribution in [0.1, 0.15) is 10.4 Å². The van der Waals surface area contributed by atoms with E-state index in [-0.39, 0.29) is 5.91 Å². The van der Waals surface area contributed by atoms with E-state index in [0.717, 1.165) is 0 Å². The largest absolute Gasteiger partial charge is 0.493 e. The highest BCUT2D eigenvalue weighted by atomic mass is 35.5. The third-order valence-corrected chi connectivity index (χ3v) is 3.20. The third kappa shape index (κ3) is 3.80. The number of halogens is 2. The Hall–Kier alpha value is -1.91. The number of benzene rings is 2. The molecular weight excluding hydrogens is 313 g/mol. The number of ether oxygens (including phenoxy) is 2. The Balaban J connectivity index is 2.23. The van der Waals surface area contributed by atoms with Gasteiger partial charge in [-0.3, -0.25) is 4.79 Å². The summed E-state index contributed by atoms with van der Waals surface area (Å²) in [6, 6.07) is 9.75. The molecule has 110 valence electrons. The van der Waals surface area contributed by atoms with E-state index >= 15 is 0 Å². The van der Waals surface area contributed by atoms with Crippen LogP contribution in [0.5, 0.6) is 11.5 Å². The molecule has 0 atom stereocenters. The molecule has 0 aliphatic rings. The van der Waals surface area contributed by atoms with Crippen molar-refractivity contribution in [1.82, 2.24) is 0 Å². The molecular formula is C15H13Cl2NO3. The third-order valence-electron chi connectivity index (χ3n) is 2.77. The molecule has 1 amide bonds. The molecule has 0 aromatic heterocycles. The van der Waals surface area contributed by atoms with E-state index in [2.05, 4.69) is 5.32 Å². The first-order valence-corrected chi connectivity index (χ1v) is 6.78. The Morgan fingerprint density at radius 2 is 1.57 bits per heavy atom. The number of nitrogens with one attached hydrogen (secondary N) is 1. The van der Waals surface area contributed by atoms with Gasteiger partial charge in [0.05, 0.1) is 14.2 Å². The minimum Gasteiger partial charge on any atom is -0.493 e. The van der Waals surface area contributed by atoms with Crippen LogP contribution < -0.4 is 14.8 Å². The standard InChI is InChI=1S/C15H13Cl2NO3/c1-20-13-4-3-12(8-14(13)21-2)18-15(19)9-5-10(16)7-11(17)6-9/h3-8H,1-2H3,(H,18,19). The predicted molar refractivity (Wildman–Crippen MR) is 84.0 cm³/mol. The molecule has 0 aliphatic carbocycles. The minimum absolute atomic E-state index is 0.313. The fourth-order valence-electron chi connectivity index (χ4n) is 1.80. The van der Waals surface area contributed by atoms with E-state index in [9.17, 15) is 4.79 Å². The fraction of sp³-hybridized carbons (Fsp3) is 0.133. The Morgan fingerprint density at radius 1 is 0.952 bits per heavy atom. The van der Waals surface area contributed by atoms with Crippen LogP contribution in [0.2, 0.25) is 10.0 Å². The summed E-state index contributed by atoms with van der Waals surface area (Å²) in [4.78, 5) is 12.2. The summed E-state index contributed by atoms with van der Waals surface area (Å²) in [6.45, 7) is 0. The maximum Gasteiger partial charge on any atom is 0.255 e. The molecule has 0 spiro atoms. The quantitative estimate of drug-likeness (QED) is 0.913. The molecule has 6 heteroatoms. The summed E-state index contributed by atoms with van der Waals surface area (Å²) >= 11 is 11.8. The van der Waals surface area contributed by atoms with E-state index < -0.39 is 0 Å². The van der Waals surface area contributed by atoms with Gasteiger partial charge in [0.15, 0.2) is 11.5 Å². The molecule has 0 saturated carbocycles. The predicted octanol–water partition coefficient (Wildman–Crippen LogP) is 4.26. The summed E-state index contributed by atoms with van der Waals surface area (Å²) < 4.78 is 10.3. The fourth-order valence-corrected chi connectivity index (χ4v) is 2.33. The van der Waals surface area contributed by atoms with Crippen molar-refractivity contribution in [3.63, 3.8) is 0 Å². The average Bonchev–Trinajstić information content (AvgIpc) is 2.46. The van der Waals surface area contributed by atoms with Crippen molar-refractivity contribution in [2.75, 3.05) is 19.5 Å². The van der Waals surface area contributed by atoms with Crippen molar-refractivity contribution in [3.8, 4) is 11.5 Å². The van der Waals surface area contributed by atoms with Crippen LogP contribution in [0.4, 0.5) is 5.69 Å². The molecule has 4 nitrogen and oxygen atoms in total. The lowest BCUT2D eigenvalue weighted by Crippen LogP contribution is -2.12. The molecule has 0 unspecified atom stereocenters. The molecule has 0 bridgehead atoms. The van der Waals surface area contributed by atoms with E-state index in [1.54, 1.807) is 43.5 Å². The molecule has 0 fully saturated rings. The van der Waals surface area contributed by atoms with Gasteiger partial charge < -0.3 is 14.8 Å². The van der Waals surface area contributed by atoms with E-state index in [1.165, 1.54) is 7.11 Å². The van der Waals surface area contributed by atoms with Crippen molar-refractivity contribution in [2.45, 2.75) is 0 Å². The molecule has 0 radical (unpaired) electrons. The van der Waals surface area contributed by atoms with Crippen LogP contribution in [0, 0.1) is 0 Å². The van der Waals surface area contributed by atoms with Gasteiger partial charge in [-0.25, -0.2) is 0 Å². The number of hydrogen-bond donors (Lipinski definition) is 1. The zero-order valence-electron chi connectivity index (χ0n) is 11.4. The van der Waals surface area contributed by atoms with Gasteiger partial charge >= 0.3 is 0 Å². The van der Waals surface area contributed by atoms with Crippen LogP contribution in [0.25, 0.3) is 0 Å². The van der Waals surface area contributed by atoms with Crippen LogP contribution >= 0.6 is 23.2 Å². The molecule has 0 aliphatic heterocycles. The van der Waals surface area contributed by atoms with Crippen molar-refractivity contribution < 1.29 is 14.3 Å². The highest BCUT2D eigenvalue weighted by molar-refractivity contribution is 6.35. The molecule has 2 rings (SSSR count). The lowest BCUT2D eigenvalue weighted by atomic mass is 10.2. The Bertz CT molecular complexity index is 654. The normalized spacial score (nSPS) is 10.1. The molecule has 1 N–H and O–H groups in total. The number of rotatable bonds is 4. The van der Waals surface area contributed by atoms with Crippen LogP contribution in [-0.4, -0.2) is 20.1 Å². The first kappa shape index (κ1) is 15.5. The summed E-state index contributed by atoms with van der Waals surface area (Å²) in [6.07, 6.45) is 0. The monoisotopic (exact) mass is 325 g/mol.